The predicted molar refractivity (Wildman–Crippen MR) is 91.7 cm³/mol. The van der Waals surface area contributed by atoms with E-state index in [9.17, 15) is 9.90 Å². The number of para-hydroxylation sites is 1. The van der Waals surface area contributed by atoms with E-state index in [-0.39, 0.29) is 18.6 Å². The van der Waals surface area contributed by atoms with Crippen molar-refractivity contribution < 1.29 is 9.90 Å². The fourth-order valence-electron chi connectivity index (χ4n) is 3.66. The second kappa shape index (κ2) is 7.43. The van der Waals surface area contributed by atoms with Crippen molar-refractivity contribution in [1.82, 2.24) is 9.80 Å². The lowest BCUT2D eigenvalue weighted by Crippen LogP contribution is -2.53. The van der Waals surface area contributed by atoms with Gasteiger partial charge in [-0.15, -0.1) is 0 Å². The highest BCUT2D eigenvalue weighted by Crippen LogP contribution is 2.27. The van der Waals surface area contributed by atoms with Crippen molar-refractivity contribution in [2.24, 2.45) is 0 Å². The number of anilines is 1. The molecule has 2 aliphatic heterocycles. The smallest absolute Gasteiger partial charge is 0.241 e. The lowest BCUT2D eigenvalue weighted by atomic mass is 10.1. The lowest BCUT2D eigenvalue weighted by molar-refractivity contribution is -0.120. The van der Waals surface area contributed by atoms with Crippen molar-refractivity contribution in [2.75, 3.05) is 50.8 Å². The van der Waals surface area contributed by atoms with Gasteiger partial charge in [0.25, 0.3) is 0 Å². The Morgan fingerprint density at radius 2 is 1.91 bits per heavy atom. The number of aliphatic hydroxyl groups excluding tert-OH is 1. The second-order valence-corrected chi connectivity index (χ2v) is 6.48. The average molecular weight is 317 g/mol. The Bertz CT molecular complexity index is 537. The summed E-state index contributed by atoms with van der Waals surface area (Å²) in [4.78, 5) is 19.1. The summed E-state index contributed by atoms with van der Waals surface area (Å²) in [7, 11) is 0. The summed E-state index contributed by atoms with van der Waals surface area (Å²) in [5.41, 5.74) is 2.36. The highest BCUT2D eigenvalue weighted by Gasteiger charge is 2.28. The van der Waals surface area contributed by atoms with Crippen molar-refractivity contribution in [2.45, 2.75) is 25.8 Å². The third-order valence-electron chi connectivity index (χ3n) is 5.15. The minimum Gasteiger partial charge on any atom is -0.395 e. The molecule has 0 bridgehead atoms. The summed E-state index contributed by atoms with van der Waals surface area (Å²) >= 11 is 0. The molecule has 2 heterocycles. The molecule has 1 aromatic rings. The quantitative estimate of drug-likeness (QED) is 0.879. The zero-order chi connectivity index (χ0) is 16.2. The molecule has 2 aliphatic rings. The van der Waals surface area contributed by atoms with Crippen LogP contribution in [-0.2, 0) is 11.2 Å². The molecule has 1 N–H and O–H groups in total. The molecule has 1 saturated heterocycles. The van der Waals surface area contributed by atoms with E-state index in [0.717, 1.165) is 51.3 Å². The number of fused-ring (bicyclic) bond motifs is 1. The van der Waals surface area contributed by atoms with Crippen LogP contribution in [0.2, 0.25) is 0 Å². The third-order valence-corrected chi connectivity index (χ3v) is 5.15. The van der Waals surface area contributed by atoms with Gasteiger partial charge in [-0.1, -0.05) is 25.1 Å². The maximum absolute atomic E-state index is 12.6. The third kappa shape index (κ3) is 3.57. The molecule has 1 amide bonds. The normalized spacial score (nSPS) is 20.5. The molecule has 5 nitrogen and oxygen atoms in total. The summed E-state index contributed by atoms with van der Waals surface area (Å²) < 4.78 is 0. The summed E-state index contributed by atoms with van der Waals surface area (Å²) in [5.74, 6) is 0.206. The number of nitrogens with zero attached hydrogens (tertiary/aromatic N) is 3. The molecule has 1 unspecified atom stereocenters. The van der Waals surface area contributed by atoms with Crippen LogP contribution in [0.4, 0.5) is 5.69 Å². The summed E-state index contributed by atoms with van der Waals surface area (Å²) in [6.07, 6.45) is 1.93. The van der Waals surface area contributed by atoms with Crippen LogP contribution in [0.3, 0.4) is 0 Å². The first-order valence-corrected chi connectivity index (χ1v) is 8.68. The van der Waals surface area contributed by atoms with E-state index < -0.39 is 0 Å². The number of carbonyl (C=O) groups is 1. The van der Waals surface area contributed by atoms with Gasteiger partial charge in [-0.3, -0.25) is 14.6 Å². The van der Waals surface area contributed by atoms with Crippen LogP contribution in [0.25, 0.3) is 0 Å². The number of hydrogen-bond donors (Lipinski definition) is 1. The first kappa shape index (κ1) is 16.4. The molecule has 0 radical (unpaired) electrons. The van der Waals surface area contributed by atoms with Crippen LogP contribution < -0.4 is 4.90 Å². The van der Waals surface area contributed by atoms with Crippen molar-refractivity contribution in [3.05, 3.63) is 29.8 Å². The van der Waals surface area contributed by atoms with Gasteiger partial charge in [0.1, 0.15) is 0 Å². The van der Waals surface area contributed by atoms with Gasteiger partial charge >= 0.3 is 0 Å². The number of rotatable bonds is 5. The monoisotopic (exact) mass is 317 g/mol. The Morgan fingerprint density at radius 1 is 1.17 bits per heavy atom. The molecule has 1 fully saturated rings. The van der Waals surface area contributed by atoms with Crippen LogP contribution >= 0.6 is 0 Å². The van der Waals surface area contributed by atoms with E-state index in [1.165, 1.54) is 5.56 Å². The lowest BCUT2D eigenvalue weighted by Gasteiger charge is -2.38. The van der Waals surface area contributed by atoms with Gasteiger partial charge in [0.05, 0.1) is 13.2 Å². The molecule has 5 heteroatoms. The standard InChI is InChI=1S/C18H27N3O2/c1-2-16(14-22)20-11-9-19(10-12-20)13-18(23)21-8-7-15-5-3-4-6-17(15)21/h3-6,16,22H,2,7-14H2,1H3. The van der Waals surface area contributed by atoms with Gasteiger partial charge in [0, 0.05) is 44.5 Å². The van der Waals surface area contributed by atoms with E-state index in [1.807, 2.05) is 23.1 Å². The molecule has 0 spiro atoms. The Balaban J connectivity index is 1.52. The predicted octanol–water partition coefficient (Wildman–Crippen LogP) is 0.964. The van der Waals surface area contributed by atoms with Gasteiger partial charge < -0.3 is 10.0 Å². The number of carbonyl (C=O) groups excluding carboxylic acids is 1. The molecule has 1 atom stereocenters. The van der Waals surface area contributed by atoms with Gasteiger partial charge in [-0.05, 0) is 24.5 Å². The number of hydrogen-bond acceptors (Lipinski definition) is 4. The minimum atomic E-state index is 0.206. The Morgan fingerprint density at radius 3 is 2.61 bits per heavy atom. The number of aliphatic hydroxyl groups is 1. The van der Waals surface area contributed by atoms with Gasteiger partial charge in [0.15, 0.2) is 0 Å². The minimum absolute atomic E-state index is 0.206. The van der Waals surface area contributed by atoms with Crippen molar-refractivity contribution in [1.29, 1.82) is 0 Å². The highest BCUT2D eigenvalue weighted by atomic mass is 16.3. The van der Waals surface area contributed by atoms with Crippen LogP contribution in [0.1, 0.15) is 18.9 Å². The molecule has 23 heavy (non-hydrogen) atoms. The van der Waals surface area contributed by atoms with Crippen molar-refractivity contribution >= 4 is 11.6 Å². The maximum atomic E-state index is 12.6. The van der Waals surface area contributed by atoms with Gasteiger partial charge in [-0.2, -0.15) is 0 Å². The zero-order valence-corrected chi connectivity index (χ0v) is 13.9. The number of amides is 1. The highest BCUT2D eigenvalue weighted by molar-refractivity contribution is 5.96. The summed E-state index contributed by atoms with van der Waals surface area (Å²) in [6.45, 7) is 7.31. The van der Waals surface area contributed by atoms with Crippen LogP contribution in [0.5, 0.6) is 0 Å². The molecule has 0 aromatic heterocycles. The fourth-order valence-corrected chi connectivity index (χ4v) is 3.66. The first-order chi connectivity index (χ1) is 11.2. The molecular weight excluding hydrogens is 290 g/mol. The molecule has 0 saturated carbocycles. The summed E-state index contributed by atoms with van der Waals surface area (Å²) in [5, 5.41) is 9.41. The Labute approximate surface area is 138 Å². The molecular formula is C18H27N3O2. The van der Waals surface area contributed by atoms with Gasteiger partial charge in [0.2, 0.25) is 5.91 Å². The van der Waals surface area contributed by atoms with Crippen LogP contribution in [0.15, 0.2) is 24.3 Å². The molecule has 0 aliphatic carbocycles. The zero-order valence-electron chi connectivity index (χ0n) is 13.9. The SMILES string of the molecule is CCC(CO)N1CCN(CC(=O)N2CCc3ccccc32)CC1. The van der Waals surface area contributed by atoms with E-state index in [4.69, 9.17) is 0 Å². The Hall–Kier alpha value is -1.43. The largest absolute Gasteiger partial charge is 0.395 e. The summed E-state index contributed by atoms with van der Waals surface area (Å²) in [6, 6.07) is 8.46. The van der Waals surface area contributed by atoms with E-state index in [0.29, 0.717) is 6.54 Å². The second-order valence-electron chi connectivity index (χ2n) is 6.48. The number of piperazine rings is 1. The number of benzene rings is 1. The topological polar surface area (TPSA) is 47.0 Å². The van der Waals surface area contributed by atoms with Crippen molar-refractivity contribution in [3.8, 4) is 0 Å². The van der Waals surface area contributed by atoms with Gasteiger partial charge in [-0.25, -0.2) is 0 Å². The van der Waals surface area contributed by atoms with E-state index in [2.05, 4.69) is 22.8 Å². The maximum Gasteiger partial charge on any atom is 0.241 e. The van der Waals surface area contributed by atoms with E-state index >= 15 is 0 Å². The van der Waals surface area contributed by atoms with Crippen LogP contribution in [0, 0.1) is 0 Å². The van der Waals surface area contributed by atoms with Crippen molar-refractivity contribution in [3.63, 3.8) is 0 Å². The fraction of sp³-hybridized carbons (Fsp3) is 0.611. The average Bonchev–Trinajstić information content (AvgIpc) is 3.01. The Kier molecular flexibility index (Phi) is 5.30. The molecule has 3 rings (SSSR count). The first-order valence-electron chi connectivity index (χ1n) is 8.68. The molecule has 126 valence electrons. The van der Waals surface area contributed by atoms with E-state index in [1.54, 1.807) is 0 Å². The molecule has 1 aromatic carbocycles. The van der Waals surface area contributed by atoms with Crippen LogP contribution in [-0.4, -0.2) is 72.7 Å².